The van der Waals surface area contributed by atoms with E-state index in [0.717, 1.165) is 18.3 Å². The predicted octanol–water partition coefficient (Wildman–Crippen LogP) is 0.716. The monoisotopic (exact) mass is 307 g/mol. The molecule has 1 saturated heterocycles. The summed E-state index contributed by atoms with van der Waals surface area (Å²) in [6.07, 6.45) is 1.05. The van der Waals surface area contributed by atoms with Crippen molar-refractivity contribution in [3.63, 3.8) is 0 Å². The van der Waals surface area contributed by atoms with Gasteiger partial charge in [0.2, 0.25) is 5.88 Å². The Morgan fingerprint density at radius 2 is 2.50 bits per heavy atom. The highest BCUT2D eigenvalue weighted by Gasteiger charge is 2.14. The zero-order valence-corrected chi connectivity index (χ0v) is 12.4. The molecule has 102 valence electrons. The highest BCUT2D eigenvalue weighted by molar-refractivity contribution is 8.06. The summed E-state index contributed by atoms with van der Waals surface area (Å²) in [7, 11) is 0. The minimum absolute atomic E-state index is 0.255. The third kappa shape index (κ3) is 5.31. The molecule has 0 spiro atoms. The quantitative estimate of drug-likeness (QED) is 0.769. The van der Waals surface area contributed by atoms with Crippen molar-refractivity contribution in [2.45, 2.75) is 11.4 Å². The van der Waals surface area contributed by atoms with E-state index >= 15 is 0 Å². The zero-order valence-electron chi connectivity index (χ0n) is 9.95. The van der Waals surface area contributed by atoms with Crippen molar-refractivity contribution in [1.82, 2.24) is 14.1 Å². The zero-order chi connectivity index (χ0) is 12.6. The first kappa shape index (κ1) is 14.4. The predicted molar refractivity (Wildman–Crippen MR) is 77.9 cm³/mol. The summed E-state index contributed by atoms with van der Waals surface area (Å²) in [4.78, 5) is 0. The summed E-state index contributed by atoms with van der Waals surface area (Å²) in [6.45, 7) is 1.76. The average molecular weight is 307 g/mol. The summed E-state index contributed by atoms with van der Waals surface area (Å²) in [6, 6.07) is 0. The molecule has 1 fully saturated rings. The van der Waals surface area contributed by atoms with Crippen LogP contribution in [0.5, 0.6) is 5.88 Å². The first-order valence-electron chi connectivity index (χ1n) is 5.83. The maximum atomic E-state index is 9.73. The maximum absolute atomic E-state index is 9.73. The van der Waals surface area contributed by atoms with E-state index in [-0.39, 0.29) is 6.61 Å². The van der Waals surface area contributed by atoms with Crippen molar-refractivity contribution < 1.29 is 9.84 Å². The van der Waals surface area contributed by atoms with Crippen LogP contribution in [0.3, 0.4) is 0 Å². The molecule has 0 saturated carbocycles. The molecule has 2 N–H and O–H groups in total. The molecule has 2 unspecified atom stereocenters. The second kappa shape index (κ2) is 8.21. The van der Waals surface area contributed by atoms with Gasteiger partial charge in [-0.3, -0.25) is 0 Å². The number of nitrogens with zero attached hydrogens (tertiary/aromatic N) is 2. The fraction of sp³-hybridized carbons (Fsp3) is 0.800. The molecule has 2 rings (SSSR count). The van der Waals surface area contributed by atoms with E-state index in [1.54, 1.807) is 6.20 Å². The lowest BCUT2D eigenvalue weighted by atomic mass is 10.3. The number of hydrogen-bond acceptors (Lipinski definition) is 8. The highest BCUT2D eigenvalue weighted by Crippen LogP contribution is 2.23. The lowest BCUT2D eigenvalue weighted by molar-refractivity contribution is 0.104. The van der Waals surface area contributed by atoms with E-state index in [0.29, 0.717) is 17.7 Å². The second-order valence-corrected chi connectivity index (χ2v) is 7.05. The molecule has 2 atom stereocenters. The molecular formula is C10H17N3O2S3. The van der Waals surface area contributed by atoms with Crippen molar-refractivity contribution in [2.24, 2.45) is 0 Å². The molecule has 1 aromatic rings. The molecule has 1 aromatic heterocycles. The van der Waals surface area contributed by atoms with Gasteiger partial charge < -0.3 is 15.2 Å². The van der Waals surface area contributed by atoms with E-state index in [1.807, 2.05) is 23.5 Å². The van der Waals surface area contributed by atoms with Crippen LogP contribution in [-0.2, 0) is 0 Å². The van der Waals surface area contributed by atoms with Crippen molar-refractivity contribution >= 4 is 35.3 Å². The van der Waals surface area contributed by atoms with Crippen LogP contribution in [0.15, 0.2) is 6.20 Å². The van der Waals surface area contributed by atoms with Gasteiger partial charge in [0.25, 0.3) is 0 Å². The van der Waals surface area contributed by atoms with E-state index < -0.39 is 6.10 Å². The van der Waals surface area contributed by atoms with Crippen molar-refractivity contribution in [1.29, 1.82) is 0 Å². The lowest BCUT2D eigenvalue weighted by Crippen LogP contribution is -2.36. The number of hydrogen-bond donors (Lipinski definition) is 2. The number of thioether (sulfide) groups is 2. The third-order valence-electron chi connectivity index (χ3n) is 2.40. The van der Waals surface area contributed by atoms with E-state index in [2.05, 4.69) is 14.1 Å². The van der Waals surface area contributed by atoms with Gasteiger partial charge in [-0.25, -0.2) is 0 Å². The van der Waals surface area contributed by atoms with Crippen LogP contribution < -0.4 is 10.1 Å². The topological polar surface area (TPSA) is 67.3 Å². The molecule has 0 radical (unpaired) electrons. The highest BCUT2D eigenvalue weighted by atomic mass is 32.2. The Bertz CT molecular complexity index is 320. The number of aromatic nitrogens is 2. The molecule has 8 heteroatoms. The van der Waals surface area contributed by atoms with E-state index in [4.69, 9.17) is 4.74 Å². The van der Waals surface area contributed by atoms with E-state index in [9.17, 15) is 5.11 Å². The first-order chi connectivity index (χ1) is 8.84. The molecule has 5 nitrogen and oxygen atoms in total. The van der Waals surface area contributed by atoms with Crippen LogP contribution in [0, 0.1) is 0 Å². The molecule has 18 heavy (non-hydrogen) atoms. The van der Waals surface area contributed by atoms with Crippen LogP contribution in [0.1, 0.15) is 0 Å². The Labute approximate surface area is 119 Å². The Morgan fingerprint density at radius 1 is 1.56 bits per heavy atom. The maximum Gasteiger partial charge on any atom is 0.245 e. The summed E-state index contributed by atoms with van der Waals surface area (Å²) in [5, 5.41) is 13.7. The first-order valence-corrected chi connectivity index (χ1v) is 8.76. The largest absolute Gasteiger partial charge is 0.473 e. The standard InChI is InChI=1S/C10H17N3O2S3/c14-8(6-15-10-5-12-18-13-10)3-11-4-9-7-16-1-2-17-9/h5,8-9,11,14H,1-4,6-7H2. The normalized spacial score (nSPS) is 21.7. The summed E-state index contributed by atoms with van der Waals surface area (Å²) in [5.41, 5.74) is 0. The van der Waals surface area contributed by atoms with Crippen LogP contribution >= 0.6 is 35.3 Å². The molecule has 0 amide bonds. The molecule has 2 heterocycles. The Kier molecular flexibility index (Phi) is 6.56. The molecule has 0 aliphatic carbocycles. The summed E-state index contributed by atoms with van der Waals surface area (Å²) < 4.78 is 13.0. The van der Waals surface area contributed by atoms with Gasteiger partial charge in [-0.05, 0) is 0 Å². The minimum Gasteiger partial charge on any atom is -0.473 e. The van der Waals surface area contributed by atoms with Gasteiger partial charge in [-0.1, -0.05) is 0 Å². The molecule has 0 aromatic carbocycles. The van der Waals surface area contributed by atoms with Gasteiger partial charge in [-0.2, -0.15) is 27.9 Å². The molecule has 0 bridgehead atoms. The summed E-state index contributed by atoms with van der Waals surface area (Å²) in [5.74, 6) is 4.19. The number of aliphatic hydroxyl groups is 1. The lowest BCUT2D eigenvalue weighted by Gasteiger charge is -2.22. The van der Waals surface area contributed by atoms with Crippen LogP contribution in [0.4, 0.5) is 0 Å². The fourth-order valence-electron chi connectivity index (χ4n) is 1.53. The van der Waals surface area contributed by atoms with Crippen molar-refractivity contribution in [3.8, 4) is 5.88 Å². The molecule has 1 aliphatic rings. The Balaban J connectivity index is 1.52. The fourth-order valence-corrected chi connectivity index (χ4v) is 4.54. The smallest absolute Gasteiger partial charge is 0.245 e. The Hall–Kier alpha value is -0.0200. The average Bonchev–Trinajstić information content (AvgIpc) is 2.91. The number of nitrogens with one attached hydrogen (secondary N) is 1. The third-order valence-corrected chi connectivity index (χ3v) is 5.71. The second-order valence-electron chi connectivity index (χ2n) is 3.94. The van der Waals surface area contributed by atoms with Crippen molar-refractivity contribution in [2.75, 3.05) is 37.0 Å². The molecular weight excluding hydrogens is 290 g/mol. The van der Waals surface area contributed by atoms with Crippen LogP contribution in [0.2, 0.25) is 0 Å². The SMILES string of the molecule is OC(CNCC1CSCCS1)COc1cnsn1. The van der Waals surface area contributed by atoms with Crippen LogP contribution in [-0.4, -0.2) is 62.2 Å². The number of ether oxygens (including phenoxy) is 1. The van der Waals surface area contributed by atoms with Gasteiger partial charge in [-0.15, -0.1) is 4.37 Å². The molecule has 1 aliphatic heterocycles. The van der Waals surface area contributed by atoms with E-state index in [1.165, 1.54) is 17.3 Å². The minimum atomic E-state index is -0.507. The van der Waals surface area contributed by atoms with Gasteiger partial charge in [0, 0.05) is 35.6 Å². The van der Waals surface area contributed by atoms with Crippen molar-refractivity contribution in [3.05, 3.63) is 6.20 Å². The van der Waals surface area contributed by atoms with Gasteiger partial charge >= 0.3 is 0 Å². The van der Waals surface area contributed by atoms with Gasteiger partial charge in [0.1, 0.15) is 18.9 Å². The van der Waals surface area contributed by atoms with Crippen LogP contribution in [0.25, 0.3) is 0 Å². The Morgan fingerprint density at radius 3 is 3.22 bits per heavy atom. The number of rotatable bonds is 7. The van der Waals surface area contributed by atoms with Gasteiger partial charge in [0.15, 0.2) is 0 Å². The number of aliphatic hydroxyl groups excluding tert-OH is 1. The summed E-state index contributed by atoms with van der Waals surface area (Å²) >= 11 is 5.12. The van der Waals surface area contributed by atoms with Gasteiger partial charge in [0.05, 0.1) is 11.7 Å².